The lowest BCUT2D eigenvalue weighted by Crippen LogP contribution is -2.41. The minimum Gasteiger partial charge on any atom is -0.423 e. The van der Waals surface area contributed by atoms with E-state index in [2.05, 4.69) is 9.97 Å². The number of halogens is 2. The zero-order valence-electron chi connectivity index (χ0n) is 15.5. The molecule has 4 rings (SSSR count). The number of fused-ring (bicyclic) bond motifs is 1. The van der Waals surface area contributed by atoms with E-state index in [1.807, 2.05) is 29.2 Å². The Balaban J connectivity index is 1.36. The van der Waals surface area contributed by atoms with Crippen molar-refractivity contribution in [1.29, 1.82) is 0 Å². The van der Waals surface area contributed by atoms with Gasteiger partial charge in [0.25, 0.3) is 6.01 Å². The van der Waals surface area contributed by atoms with Gasteiger partial charge in [-0.1, -0.05) is 12.1 Å². The highest BCUT2D eigenvalue weighted by atomic mass is 19.3. The van der Waals surface area contributed by atoms with Crippen molar-refractivity contribution < 1.29 is 18.0 Å². The molecule has 0 unspecified atom stereocenters. The molecule has 0 N–H and O–H groups in total. The third-order valence-corrected chi connectivity index (χ3v) is 5.11. The van der Waals surface area contributed by atoms with Crippen molar-refractivity contribution in [2.75, 3.05) is 25.0 Å². The van der Waals surface area contributed by atoms with Gasteiger partial charge in [-0.2, -0.15) is 13.8 Å². The molecule has 1 aromatic carbocycles. The lowest BCUT2D eigenvalue weighted by atomic mass is 9.95. The lowest BCUT2D eigenvalue weighted by Gasteiger charge is -2.32. The highest BCUT2D eigenvalue weighted by molar-refractivity contribution is 5.79. The fourth-order valence-electron chi connectivity index (χ4n) is 3.56. The Morgan fingerprint density at radius 3 is 2.79 bits per heavy atom. The molecule has 0 bridgehead atoms. The summed E-state index contributed by atoms with van der Waals surface area (Å²) >= 11 is 0. The van der Waals surface area contributed by atoms with Crippen LogP contribution in [-0.4, -0.2) is 45.5 Å². The quantitative estimate of drug-likeness (QED) is 0.670. The molecular formula is C19H21F2N5O2. The first-order chi connectivity index (χ1) is 13.5. The minimum atomic E-state index is -2.67. The third kappa shape index (κ3) is 3.56. The number of amides is 1. The van der Waals surface area contributed by atoms with Crippen LogP contribution in [0.1, 0.15) is 25.2 Å². The first-order valence-corrected chi connectivity index (χ1v) is 9.18. The molecule has 1 saturated heterocycles. The first kappa shape index (κ1) is 18.4. The molecule has 148 valence electrons. The van der Waals surface area contributed by atoms with E-state index in [1.165, 1.54) is 17.3 Å². The highest BCUT2D eigenvalue weighted by Crippen LogP contribution is 2.27. The number of benzene rings is 1. The topological polar surface area (TPSA) is 67.4 Å². The zero-order chi connectivity index (χ0) is 19.7. The molecule has 0 radical (unpaired) electrons. The zero-order valence-corrected chi connectivity index (χ0v) is 15.5. The predicted octanol–water partition coefficient (Wildman–Crippen LogP) is 3.29. The van der Waals surface area contributed by atoms with Crippen LogP contribution in [-0.2, 0) is 11.3 Å². The summed E-state index contributed by atoms with van der Waals surface area (Å²) in [6.45, 7) is -1.30. The van der Waals surface area contributed by atoms with Crippen LogP contribution in [0.25, 0.3) is 11.1 Å². The number of hydrogen-bond acceptors (Lipinski definition) is 5. The van der Waals surface area contributed by atoms with Gasteiger partial charge in [-0.05, 0) is 25.0 Å². The summed E-state index contributed by atoms with van der Waals surface area (Å²) in [6.07, 6.45) is 3.85. The molecule has 2 aromatic heterocycles. The summed E-state index contributed by atoms with van der Waals surface area (Å²) in [5.41, 5.74) is 1.55. The Morgan fingerprint density at radius 1 is 1.32 bits per heavy atom. The molecule has 9 heteroatoms. The van der Waals surface area contributed by atoms with Crippen LogP contribution >= 0.6 is 0 Å². The van der Waals surface area contributed by atoms with Crippen LogP contribution in [0.5, 0.6) is 0 Å². The number of aromatic nitrogens is 3. The van der Waals surface area contributed by atoms with Crippen LogP contribution < -0.4 is 4.90 Å². The van der Waals surface area contributed by atoms with E-state index in [4.69, 9.17) is 4.42 Å². The van der Waals surface area contributed by atoms with Gasteiger partial charge in [-0.3, -0.25) is 9.36 Å². The van der Waals surface area contributed by atoms with Crippen LogP contribution in [0.15, 0.2) is 41.1 Å². The number of piperidine rings is 1. The molecule has 3 heterocycles. The Morgan fingerprint density at radius 2 is 2.07 bits per heavy atom. The SMILES string of the molecule is CN(Cc1nccn1C(F)F)C(=O)C1CCN(c2nc3ccccc3o2)CC1. The van der Waals surface area contributed by atoms with Crippen molar-refractivity contribution in [1.82, 2.24) is 19.4 Å². The molecule has 3 aromatic rings. The number of carbonyl (C=O) groups is 1. The van der Waals surface area contributed by atoms with Gasteiger partial charge in [0.15, 0.2) is 5.58 Å². The van der Waals surface area contributed by atoms with E-state index < -0.39 is 6.55 Å². The number of alkyl halides is 2. The van der Waals surface area contributed by atoms with Gasteiger partial charge in [0.05, 0.1) is 6.54 Å². The van der Waals surface area contributed by atoms with E-state index in [1.54, 1.807) is 7.05 Å². The number of carbonyl (C=O) groups excluding carboxylic acids is 1. The van der Waals surface area contributed by atoms with E-state index in [0.29, 0.717) is 31.9 Å². The van der Waals surface area contributed by atoms with Crippen molar-refractivity contribution >= 4 is 23.0 Å². The summed E-state index contributed by atoms with van der Waals surface area (Å²) in [6, 6.07) is 8.16. The molecule has 1 aliphatic heterocycles. The van der Waals surface area contributed by atoms with Gasteiger partial charge in [0.2, 0.25) is 5.91 Å². The monoisotopic (exact) mass is 389 g/mol. The van der Waals surface area contributed by atoms with Crippen molar-refractivity contribution in [2.24, 2.45) is 5.92 Å². The minimum absolute atomic E-state index is 0.0546. The smallest absolute Gasteiger partial charge is 0.319 e. The van der Waals surface area contributed by atoms with E-state index in [-0.39, 0.29) is 24.2 Å². The van der Waals surface area contributed by atoms with Crippen LogP contribution in [0.3, 0.4) is 0 Å². The summed E-state index contributed by atoms with van der Waals surface area (Å²) in [4.78, 5) is 24.7. The van der Waals surface area contributed by atoms with Crippen LogP contribution in [0.4, 0.5) is 14.8 Å². The molecular weight excluding hydrogens is 368 g/mol. The van der Waals surface area contributed by atoms with Gasteiger partial charge in [-0.15, -0.1) is 0 Å². The fourth-order valence-corrected chi connectivity index (χ4v) is 3.56. The standard InChI is InChI=1S/C19H21F2N5O2/c1-24(12-16-22-8-11-26(16)18(20)21)17(27)13-6-9-25(10-7-13)19-23-14-4-2-3-5-15(14)28-19/h2-5,8,11,13,18H,6-7,9-10,12H2,1H3. The molecule has 0 aliphatic carbocycles. The Labute approximate surface area is 160 Å². The highest BCUT2D eigenvalue weighted by Gasteiger charge is 2.29. The van der Waals surface area contributed by atoms with Crippen molar-refractivity contribution in [3.05, 3.63) is 42.5 Å². The molecule has 28 heavy (non-hydrogen) atoms. The van der Waals surface area contributed by atoms with Gasteiger partial charge in [0, 0.05) is 38.4 Å². The Hall–Kier alpha value is -2.97. The predicted molar refractivity (Wildman–Crippen MR) is 98.9 cm³/mol. The average molecular weight is 389 g/mol. The summed E-state index contributed by atoms with van der Waals surface area (Å²) in [7, 11) is 1.63. The Bertz CT molecular complexity index is 929. The first-order valence-electron chi connectivity index (χ1n) is 9.18. The van der Waals surface area contributed by atoms with E-state index in [9.17, 15) is 13.6 Å². The van der Waals surface area contributed by atoms with Gasteiger partial charge in [0.1, 0.15) is 11.3 Å². The number of rotatable bonds is 5. The molecule has 7 nitrogen and oxygen atoms in total. The van der Waals surface area contributed by atoms with Crippen molar-refractivity contribution in [3.63, 3.8) is 0 Å². The van der Waals surface area contributed by atoms with Crippen molar-refractivity contribution in [3.8, 4) is 0 Å². The van der Waals surface area contributed by atoms with Crippen molar-refractivity contribution in [2.45, 2.75) is 25.9 Å². The Kier molecular flexibility index (Phi) is 4.97. The normalized spacial score (nSPS) is 15.5. The summed E-state index contributed by atoms with van der Waals surface area (Å²) in [5, 5.41) is 0. The van der Waals surface area contributed by atoms with E-state index in [0.717, 1.165) is 15.7 Å². The van der Waals surface area contributed by atoms with Crippen LogP contribution in [0.2, 0.25) is 0 Å². The number of anilines is 1. The number of oxazole rings is 1. The number of hydrogen-bond donors (Lipinski definition) is 0. The summed E-state index contributed by atoms with van der Waals surface area (Å²) < 4.78 is 32.5. The lowest BCUT2D eigenvalue weighted by molar-refractivity contribution is -0.135. The fraction of sp³-hybridized carbons (Fsp3) is 0.421. The maximum Gasteiger partial charge on any atom is 0.319 e. The number of nitrogens with zero attached hydrogens (tertiary/aromatic N) is 5. The number of imidazole rings is 1. The molecule has 0 saturated carbocycles. The third-order valence-electron chi connectivity index (χ3n) is 5.11. The molecule has 1 amide bonds. The maximum atomic E-state index is 12.9. The average Bonchev–Trinajstić information content (AvgIpc) is 3.34. The molecule has 0 atom stereocenters. The molecule has 1 aliphatic rings. The second-order valence-electron chi connectivity index (χ2n) is 6.95. The molecule has 1 fully saturated rings. The molecule has 0 spiro atoms. The summed E-state index contributed by atoms with van der Waals surface area (Å²) in [5.74, 6) is -0.0311. The maximum absolute atomic E-state index is 12.9. The van der Waals surface area contributed by atoms with Gasteiger partial charge in [-0.25, -0.2) is 4.98 Å². The second-order valence-corrected chi connectivity index (χ2v) is 6.95. The van der Waals surface area contributed by atoms with Crippen LogP contribution in [0, 0.1) is 5.92 Å². The number of para-hydroxylation sites is 2. The largest absolute Gasteiger partial charge is 0.423 e. The van der Waals surface area contributed by atoms with Gasteiger partial charge < -0.3 is 14.2 Å². The van der Waals surface area contributed by atoms with Gasteiger partial charge >= 0.3 is 6.55 Å². The second kappa shape index (κ2) is 7.57. The van der Waals surface area contributed by atoms with E-state index >= 15 is 0 Å².